The largest absolute Gasteiger partial charge is 0.360 e. The molecule has 0 amide bonds. The Balaban J connectivity index is 1.44. The molecular formula is C16H26N4. The van der Waals surface area contributed by atoms with Gasteiger partial charge in [0.05, 0.1) is 17.7 Å². The molecule has 2 saturated heterocycles. The monoisotopic (exact) mass is 274 g/mol. The van der Waals surface area contributed by atoms with Crippen LogP contribution in [0.5, 0.6) is 0 Å². The molecule has 0 spiro atoms. The van der Waals surface area contributed by atoms with Crippen molar-refractivity contribution in [3.63, 3.8) is 0 Å². The topological polar surface area (TPSA) is 31.2 Å². The summed E-state index contributed by atoms with van der Waals surface area (Å²) in [6, 6.07) is 0.574. The Morgan fingerprint density at radius 2 is 1.80 bits per heavy atom. The Bertz CT molecular complexity index is 428. The van der Waals surface area contributed by atoms with Crippen LogP contribution in [0, 0.1) is 5.92 Å². The van der Waals surface area contributed by atoms with E-state index < -0.39 is 0 Å². The van der Waals surface area contributed by atoms with Crippen LogP contribution in [0.15, 0.2) is 9.98 Å². The smallest absolute Gasteiger partial charge is 0.0994 e. The van der Waals surface area contributed by atoms with E-state index in [1.165, 1.54) is 82.8 Å². The Hall–Kier alpha value is -1.06. The molecule has 0 aromatic heterocycles. The Morgan fingerprint density at radius 3 is 2.75 bits per heavy atom. The van der Waals surface area contributed by atoms with Gasteiger partial charge in [0.25, 0.3) is 0 Å². The first-order valence-electron chi connectivity index (χ1n) is 8.50. The molecular weight excluding hydrogens is 248 g/mol. The van der Waals surface area contributed by atoms with E-state index in [2.05, 4.69) is 9.80 Å². The zero-order valence-electron chi connectivity index (χ0n) is 12.4. The minimum Gasteiger partial charge on any atom is -0.360 e. The quantitative estimate of drug-likeness (QED) is 0.734. The normalized spacial score (nSPS) is 34.0. The molecule has 0 N–H and O–H groups in total. The van der Waals surface area contributed by atoms with Crippen LogP contribution < -0.4 is 0 Å². The maximum absolute atomic E-state index is 5.08. The fraction of sp³-hybridized carbons (Fsp3) is 0.875. The Kier molecular flexibility index (Phi) is 3.41. The second kappa shape index (κ2) is 5.38. The number of hydrogen-bond acceptors (Lipinski definition) is 4. The van der Waals surface area contributed by atoms with Crippen molar-refractivity contribution in [1.82, 2.24) is 9.80 Å². The first kappa shape index (κ1) is 12.7. The third kappa shape index (κ3) is 2.33. The van der Waals surface area contributed by atoms with Gasteiger partial charge >= 0.3 is 0 Å². The van der Waals surface area contributed by atoms with Gasteiger partial charge < -0.3 is 9.80 Å². The molecule has 4 heterocycles. The minimum atomic E-state index is 0.574. The average molecular weight is 274 g/mol. The summed E-state index contributed by atoms with van der Waals surface area (Å²) >= 11 is 0. The number of aliphatic imine (C=N–C) groups is 2. The highest BCUT2D eigenvalue weighted by Crippen LogP contribution is 2.30. The number of amidine groups is 2. The SMILES string of the molecule is C1CCN2CC(C3CCC4=NCCCN4CC3)N=C2C1. The lowest BCUT2D eigenvalue weighted by Gasteiger charge is -2.27. The highest BCUT2D eigenvalue weighted by molar-refractivity contribution is 5.85. The van der Waals surface area contributed by atoms with Crippen molar-refractivity contribution in [2.45, 2.75) is 51.0 Å². The number of hydrogen-bond donors (Lipinski definition) is 0. The van der Waals surface area contributed by atoms with Crippen molar-refractivity contribution in [2.75, 3.05) is 32.7 Å². The van der Waals surface area contributed by atoms with E-state index in [1.807, 2.05) is 0 Å². The molecule has 4 heteroatoms. The maximum atomic E-state index is 5.08. The molecule has 4 rings (SSSR count). The first-order valence-corrected chi connectivity index (χ1v) is 8.50. The zero-order valence-corrected chi connectivity index (χ0v) is 12.4. The summed E-state index contributed by atoms with van der Waals surface area (Å²) in [5.41, 5.74) is 0. The van der Waals surface area contributed by atoms with Gasteiger partial charge in [0, 0.05) is 45.6 Å². The number of fused-ring (bicyclic) bond motifs is 2. The van der Waals surface area contributed by atoms with Gasteiger partial charge in [-0.2, -0.15) is 0 Å². The Labute approximate surface area is 122 Å². The zero-order chi connectivity index (χ0) is 13.4. The highest BCUT2D eigenvalue weighted by Gasteiger charge is 2.34. The van der Waals surface area contributed by atoms with Crippen LogP contribution in [0.1, 0.15) is 44.9 Å². The lowest BCUT2D eigenvalue weighted by molar-refractivity contribution is 0.305. The summed E-state index contributed by atoms with van der Waals surface area (Å²) in [5, 5.41) is 0. The van der Waals surface area contributed by atoms with Crippen molar-refractivity contribution in [1.29, 1.82) is 0 Å². The van der Waals surface area contributed by atoms with Crippen LogP contribution in [0.2, 0.25) is 0 Å². The number of piperidine rings is 1. The summed E-state index contributed by atoms with van der Waals surface area (Å²) in [7, 11) is 0. The molecule has 2 fully saturated rings. The molecule has 2 unspecified atom stereocenters. The molecule has 2 atom stereocenters. The highest BCUT2D eigenvalue weighted by atomic mass is 15.3. The van der Waals surface area contributed by atoms with Gasteiger partial charge in [0.1, 0.15) is 0 Å². The van der Waals surface area contributed by atoms with Crippen LogP contribution in [0.25, 0.3) is 0 Å². The van der Waals surface area contributed by atoms with Gasteiger partial charge in [-0.05, 0) is 38.0 Å². The third-order valence-electron chi connectivity index (χ3n) is 5.46. The molecule has 4 nitrogen and oxygen atoms in total. The molecule has 0 aromatic rings. The standard InChI is InChI=1S/C16H26N4/c1-2-9-20-12-14(18-16(20)4-1)13-5-6-15-17-8-3-10-19(15)11-7-13/h13-14H,1-12H2. The van der Waals surface area contributed by atoms with Crippen molar-refractivity contribution >= 4 is 11.7 Å². The molecule has 4 aliphatic rings. The summed E-state index contributed by atoms with van der Waals surface area (Å²) in [5.74, 6) is 3.59. The molecule has 0 radical (unpaired) electrons. The minimum absolute atomic E-state index is 0.574. The Morgan fingerprint density at radius 1 is 0.850 bits per heavy atom. The average Bonchev–Trinajstić information content (AvgIpc) is 2.80. The van der Waals surface area contributed by atoms with Gasteiger partial charge in [-0.15, -0.1) is 0 Å². The summed E-state index contributed by atoms with van der Waals surface area (Å²) in [6.07, 6.45) is 8.97. The van der Waals surface area contributed by atoms with Gasteiger partial charge in [-0.1, -0.05) is 0 Å². The molecule has 0 saturated carbocycles. The van der Waals surface area contributed by atoms with Crippen LogP contribution >= 0.6 is 0 Å². The van der Waals surface area contributed by atoms with E-state index in [-0.39, 0.29) is 0 Å². The van der Waals surface area contributed by atoms with Crippen molar-refractivity contribution < 1.29 is 0 Å². The van der Waals surface area contributed by atoms with Gasteiger partial charge in [0.2, 0.25) is 0 Å². The third-order valence-corrected chi connectivity index (χ3v) is 5.46. The fourth-order valence-electron chi connectivity index (χ4n) is 4.27. The number of rotatable bonds is 1. The predicted molar refractivity (Wildman–Crippen MR) is 82.5 cm³/mol. The van der Waals surface area contributed by atoms with Crippen LogP contribution in [0.4, 0.5) is 0 Å². The van der Waals surface area contributed by atoms with Gasteiger partial charge in [-0.25, -0.2) is 0 Å². The molecule has 20 heavy (non-hydrogen) atoms. The lowest BCUT2D eigenvalue weighted by Crippen LogP contribution is -2.36. The van der Waals surface area contributed by atoms with E-state index in [9.17, 15) is 0 Å². The van der Waals surface area contributed by atoms with Crippen LogP contribution in [-0.4, -0.2) is 60.2 Å². The van der Waals surface area contributed by atoms with Crippen LogP contribution in [0.3, 0.4) is 0 Å². The molecule has 0 bridgehead atoms. The predicted octanol–water partition coefficient (Wildman–Crippen LogP) is 2.16. The molecule has 4 aliphatic heterocycles. The molecule has 110 valence electrons. The second-order valence-corrected chi connectivity index (χ2v) is 6.74. The van der Waals surface area contributed by atoms with Crippen molar-refractivity contribution in [3.05, 3.63) is 0 Å². The summed E-state index contributed by atoms with van der Waals surface area (Å²) in [6.45, 7) is 5.95. The fourth-order valence-corrected chi connectivity index (χ4v) is 4.27. The van der Waals surface area contributed by atoms with Gasteiger partial charge in [-0.3, -0.25) is 9.98 Å². The van der Waals surface area contributed by atoms with E-state index in [0.29, 0.717) is 6.04 Å². The molecule has 0 aromatic carbocycles. The summed E-state index contributed by atoms with van der Waals surface area (Å²) < 4.78 is 0. The van der Waals surface area contributed by atoms with E-state index in [0.717, 1.165) is 12.5 Å². The molecule has 0 aliphatic carbocycles. The maximum Gasteiger partial charge on any atom is 0.0994 e. The van der Waals surface area contributed by atoms with Crippen molar-refractivity contribution in [2.24, 2.45) is 15.9 Å². The number of nitrogens with zero attached hydrogens (tertiary/aromatic N) is 4. The lowest BCUT2D eigenvalue weighted by atomic mass is 9.92. The first-order chi connectivity index (χ1) is 9.90. The van der Waals surface area contributed by atoms with Gasteiger partial charge in [0.15, 0.2) is 0 Å². The van der Waals surface area contributed by atoms with E-state index in [4.69, 9.17) is 9.98 Å². The summed E-state index contributed by atoms with van der Waals surface area (Å²) in [4.78, 5) is 14.9. The van der Waals surface area contributed by atoms with E-state index in [1.54, 1.807) is 0 Å². The second-order valence-electron chi connectivity index (χ2n) is 6.74. The van der Waals surface area contributed by atoms with Crippen molar-refractivity contribution in [3.8, 4) is 0 Å². The van der Waals surface area contributed by atoms with E-state index >= 15 is 0 Å². The van der Waals surface area contributed by atoms with Crippen LogP contribution in [-0.2, 0) is 0 Å².